The van der Waals surface area contributed by atoms with Gasteiger partial charge in [0.2, 0.25) is 0 Å². The number of aromatic nitrogens is 1. The van der Waals surface area contributed by atoms with Crippen LogP contribution in [0.2, 0.25) is 0 Å². The molecule has 0 amide bonds. The molecule has 0 atom stereocenters. The summed E-state index contributed by atoms with van der Waals surface area (Å²) in [5.41, 5.74) is 5.34. The number of hydrogen-bond acceptors (Lipinski definition) is 3. The van der Waals surface area contributed by atoms with Gasteiger partial charge < -0.3 is 5.32 Å². The molecule has 18 heavy (non-hydrogen) atoms. The Bertz CT molecular complexity index is 504. The Morgan fingerprint density at radius 1 is 1.11 bits per heavy atom. The summed E-state index contributed by atoms with van der Waals surface area (Å²) in [5.74, 6) is 0. The van der Waals surface area contributed by atoms with Crippen molar-refractivity contribution < 1.29 is 0 Å². The van der Waals surface area contributed by atoms with Gasteiger partial charge in [-0.3, -0.25) is 0 Å². The maximum Gasteiger partial charge on any atom is 0.183 e. The molecule has 2 aromatic rings. The largest absolute Gasteiger partial charge is 0.361 e. The Morgan fingerprint density at radius 2 is 1.78 bits per heavy atom. The standard InChI is InChI=1S/C15H20N2S/c1-10-6-5-7-11(2)14(10)8-9-16-15-17-12(3)13(4)18-15/h5-7H,8-9H2,1-4H3,(H,16,17). The van der Waals surface area contributed by atoms with Gasteiger partial charge >= 0.3 is 0 Å². The third-order valence-corrected chi connectivity index (χ3v) is 4.35. The van der Waals surface area contributed by atoms with Gasteiger partial charge in [-0.1, -0.05) is 18.2 Å². The molecule has 0 fully saturated rings. The minimum Gasteiger partial charge on any atom is -0.361 e. The summed E-state index contributed by atoms with van der Waals surface area (Å²) in [7, 11) is 0. The highest BCUT2D eigenvalue weighted by molar-refractivity contribution is 7.15. The minimum atomic E-state index is 0.943. The predicted molar refractivity (Wildman–Crippen MR) is 79.7 cm³/mol. The van der Waals surface area contributed by atoms with Crippen LogP contribution in [0.25, 0.3) is 0 Å². The van der Waals surface area contributed by atoms with Crippen molar-refractivity contribution in [3.05, 3.63) is 45.5 Å². The molecule has 0 saturated heterocycles. The van der Waals surface area contributed by atoms with Crippen molar-refractivity contribution in [2.24, 2.45) is 0 Å². The molecule has 0 unspecified atom stereocenters. The van der Waals surface area contributed by atoms with Crippen molar-refractivity contribution in [1.29, 1.82) is 0 Å². The van der Waals surface area contributed by atoms with Gasteiger partial charge in [0.05, 0.1) is 5.69 Å². The zero-order valence-corrected chi connectivity index (χ0v) is 12.3. The molecule has 0 saturated carbocycles. The highest BCUT2D eigenvalue weighted by Gasteiger charge is 2.04. The zero-order chi connectivity index (χ0) is 13.1. The molecule has 96 valence electrons. The van der Waals surface area contributed by atoms with Gasteiger partial charge in [-0.05, 0) is 50.8 Å². The van der Waals surface area contributed by atoms with Gasteiger partial charge in [-0.15, -0.1) is 11.3 Å². The average Bonchev–Trinajstić information content (AvgIpc) is 2.62. The monoisotopic (exact) mass is 260 g/mol. The van der Waals surface area contributed by atoms with Gasteiger partial charge in [0.25, 0.3) is 0 Å². The molecule has 1 N–H and O–H groups in total. The number of hydrogen-bond donors (Lipinski definition) is 1. The Kier molecular flexibility index (Phi) is 4.02. The van der Waals surface area contributed by atoms with E-state index < -0.39 is 0 Å². The van der Waals surface area contributed by atoms with E-state index in [-0.39, 0.29) is 0 Å². The smallest absolute Gasteiger partial charge is 0.183 e. The Balaban J connectivity index is 1.96. The Morgan fingerprint density at radius 3 is 2.33 bits per heavy atom. The number of anilines is 1. The highest BCUT2D eigenvalue weighted by Crippen LogP contribution is 2.21. The molecular formula is C15H20N2S. The molecule has 2 nitrogen and oxygen atoms in total. The van der Waals surface area contributed by atoms with E-state index in [1.165, 1.54) is 21.6 Å². The summed E-state index contributed by atoms with van der Waals surface area (Å²) in [6, 6.07) is 6.48. The third kappa shape index (κ3) is 2.91. The molecule has 1 aromatic carbocycles. The molecule has 3 heteroatoms. The first-order valence-corrected chi connectivity index (χ1v) is 7.12. The van der Waals surface area contributed by atoms with E-state index in [1.54, 1.807) is 11.3 Å². The number of thiazole rings is 1. The Hall–Kier alpha value is -1.35. The van der Waals surface area contributed by atoms with Crippen LogP contribution < -0.4 is 5.32 Å². The summed E-state index contributed by atoms with van der Waals surface area (Å²) in [6.07, 6.45) is 1.05. The van der Waals surface area contributed by atoms with E-state index >= 15 is 0 Å². The fraction of sp³-hybridized carbons (Fsp3) is 0.400. The summed E-state index contributed by atoms with van der Waals surface area (Å²) < 4.78 is 0. The second-order valence-electron chi connectivity index (χ2n) is 4.71. The van der Waals surface area contributed by atoms with Gasteiger partial charge in [-0.2, -0.15) is 0 Å². The van der Waals surface area contributed by atoms with E-state index in [4.69, 9.17) is 0 Å². The van der Waals surface area contributed by atoms with Crippen LogP contribution >= 0.6 is 11.3 Å². The van der Waals surface area contributed by atoms with Crippen LogP contribution in [0.1, 0.15) is 27.3 Å². The lowest BCUT2D eigenvalue weighted by molar-refractivity contribution is 0.984. The molecule has 1 heterocycles. The van der Waals surface area contributed by atoms with Gasteiger partial charge in [0, 0.05) is 11.4 Å². The highest BCUT2D eigenvalue weighted by atomic mass is 32.1. The van der Waals surface area contributed by atoms with Crippen molar-refractivity contribution in [3.8, 4) is 0 Å². The number of benzene rings is 1. The van der Waals surface area contributed by atoms with Crippen LogP contribution in [0.15, 0.2) is 18.2 Å². The third-order valence-electron chi connectivity index (χ3n) is 3.32. The van der Waals surface area contributed by atoms with E-state index in [9.17, 15) is 0 Å². The number of nitrogens with zero attached hydrogens (tertiary/aromatic N) is 1. The maximum absolute atomic E-state index is 4.49. The summed E-state index contributed by atoms with van der Waals surface area (Å²) in [5, 5.41) is 4.45. The van der Waals surface area contributed by atoms with Gasteiger partial charge in [0.15, 0.2) is 5.13 Å². The predicted octanol–water partition coefficient (Wildman–Crippen LogP) is 4.03. The lowest BCUT2D eigenvalue weighted by Crippen LogP contribution is -2.06. The summed E-state index contributed by atoms with van der Waals surface area (Å²) in [4.78, 5) is 5.79. The van der Waals surface area contributed by atoms with E-state index in [0.29, 0.717) is 0 Å². The summed E-state index contributed by atoms with van der Waals surface area (Å²) in [6.45, 7) is 9.48. The van der Waals surface area contributed by atoms with Crippen molar-refractivity contribution in [1.82, 2.24) is 4.98 Å². The number of aryl methyl sites for hydroxylation is 4. The van der Waals surface area contributed by atoms with Crippen LogP contribution in [-0.4, -0.2) is 11.5 Å². The molecule has 2 rings (SSSR count). The molecule has 0 aliphatic carbocycles. The quantitative estimate of drug-likeness (QED) is 0.897. The first-order valence-electron chi connectivity index (χ1n) is 6.31. The van der Waals surface area contributed by atoms with Crippen LogP contribution in [-0.2, 0) is 6.42 Å². The molecule has 0 spiro atoms. The van der Waals surface area contributed by atoms with Crippen LogP contribution in [0.5, 0.6) is 0 Å². The van der Waals surface area contributed by atoms with Gasteiger partial charge in [0.1, 0.15) is 0 Å². The van der Waals surface area contributed by atoms with Crippen molar-refractivity contribution >= 4 is 16.5 Å². The SMILES string of the molecule is Cc1cccc(C)c1CCNc1nc(C)c(C)s1. The van der Waals surface area contributed by atoms with Crippen LogP contribution in [0, 0.1) is 27.7 Å². The first kappa shape index (κ1) is 13.1. The van der Waals surface area contributed by atoms with E-state index in [0.717, 1.165) is 23.8 Å². The lowest BCUT2D eigenvalue weighted by atomic mass is 10.0. The molecule has 0 aliphatic heterocycles. The van der Waals surface area contributed by atoms with Crippen molar-refractivity contribution in [2.75, 3.05) is 11.9 Å². The zero-order valence-electron chi connectivity index (χ0n) is 11.5. The molecular weight excluding hydrogens is 240 g/mol. The van der Waals surface area contributed by atoms with Gasteiger partial charge in [-0.25, -0.2) is 4.98 Å². The van der Waals surface area contributed by atoms with Crippen LogP contribution in [0.4, 0.5) is 5.13 Å². The lowest BCUT2D eigenvalue weighted by Gasteiger charge is -2.09. The van der Waals surface area contributed by atoms with Crippen molar-refractivity contribution in [3.63, 3.8) is 0 Å². The second-order valence-corrected chi connectivity index (χ2v) is 5.91. The maximum atomic E-state index is 4.49. The summed E-state index contributed by atoms with van der Waals surface area (Å²) >= 11 is 1.74. The first-order chi connectivity index (χ1) is 8.58. The van der Waals surface area contributed by atoms with E-state index in [2.05, 4.69) is 56.2 Å². The molecule has 0 radical (unpaired) electrons. The normalized spacial score (nSPS) is 10.7. The fourth-order valence-corrected chi connectivity index (χ4v) is 2.93. The fourth-order valence-electron chi connectivity index (χ4n) is 2.09. The average molecular weight is 260 g/mol. The topological polar surface area (TPSA) is 24.9 Å². The molecule has 1 aromatic heterocycles. The minimum absolute atomic E-state index is 0.943. The number of rotatable bonds is 4. The number of nitrogens with one attached hydrogen (secondary N) is 1. The molecule has 0 aliphatic rings. The Labute approximate surface area is 113 Å². The van der Waals surface area contributed by atoms with Crippen LogP contribution in [0.3, 0.4) is 0 Å². The van der Waals surface area contributed by atoms with E-state index in [1.807, 2.05) is 0 Å². The molecule has 0 bridgehead atoms. The van der Waals surface area contributed by atoms with Crippen molar-refractivity contribution in [2.45, 2.75) is 34.1 Å². The second kappa shape index (κ2) is 5.53.